The van der Waals surface area contributed by atoms with E-state index in [-0.39, 0.29) is 29.6 Å². The van der Waals surface area contributed by atoms with Crippen molar-refractivity contribution >= 4 is 11.8 Å². The van der Waals surface area contributed by atoms with Crippen molar-refractivity contribution in [3.05, 3.63) is 24.8 Å². The average Bonchev–Trinajstić information content (AvgIpc) is 2.45. The molecule has 1 heterocycles. The summed E-state index contributed by atoms with van der Waals surface area (Å²) in [7, 11) is 0. The molecule has 0 bridgehead atoms. The molecule has 2 aliphatic rings. The monoisotopic (exact) mass is 205 g/mol. The molecule has 3 unspecified atom stereocenters. The maximum atomic E-state index is 12.0. The van der Waals surface area contributed by atoms with E-state index in [1.54, 1.807) is 6.08 Å². The minimum Gasteiger partial charge on any atom is -0.278 e. The van der Waals surface area contributed by atoms with Crippen LogP contribution in [0.1, 0.15) is 13.3 Å². The molecule has 0 spiro atoms. The number of carbonyl (C=O) groups excluding carboxylic acids is 2. The van der Waals surface area contributed by atoms with Crippen LogP contribution in [-0.2, 0) is 9.59 Å². The highest BCUT2D eigenvalue weighted by Crippen LogP contribution is 2.38. The number of fused-ring (bicyclic) bond motifs is 1. The van der Waals surface area contributed by atoms with Gasteiger partial charge in [0.1, 0.15) is 0 Å². The summed E-state index contributed by atoms with van der Waals surface area (Å²) in [6.07, 6.45) is 6.34. The minimum absolute atomic E-state index is 0.0262. The van der Waals surface area contributed by atoms with Crippen LogP contribution in [0.25, 0.3) is 0 Å². The van der Waals surface area contributed by atoms with Gasteiger partial charge >= 0.3 is 0 Å². The lowest BCUT2D eigenvalue weighted by atomic mass is 9.78. The Kier molecular flexibility index (Phi) is 2.47. The number of hydrogen-bond donors (Lipinski definition) is 0. The molecule has 1 fully saturated rings. The number of nitrogens with zero attached hydrogens (tertiary/aromatic N) is 1. The van der Waals surface area contributed by atoms with E-state index >= 15 is 0 Å². The molecule has 0 N–H and O–H groups in total. The zero-order valence-corrected chi connectivity index (χ0v) is 8.85. The van der Waals surface area contributed by atoms with Crippen molar-refractivity contribution in [2.75, 3.05) is 6.54 Å². The first-order chi connectivity index (χ1) is 7.16. The predicted octanol–water partition coefficient (Wildman–Crippen LogP) is 1.37. The van der Waals surface area contributed by atoms with Gasteiger partial charge in [0.05, 0.1) is 11.8 Å². The molecule has 1 aliphatic carbocycles. The zero-order chi connectivity index (χ0) is 11.0. The van der Waals surface area contributed by atoms with E-state index in [1.807, 2.05) is 19.1 Å². The normalized spacial score (nSPS) is 34.5. The van der Waals surface area contributed by atoms with Gasteiger partial charge in [-0.3, -0.25) is 14.5 Å². The number of imide groups is 1. The molecule has 2 rings (SSSR count). The van der Waals surface area contributed by atoms with Gasteiger partial charge in [-0.05, 0) is 12.3 Å². The highest BCUT2D eigenvalue weighted by molar-refractivity contribution is 6.05. The fourth-order valence-electron chi connectivity index (χ4n) is 2.52. The topological polar surface area (TPSA) is 37.4 Å². The fraction of sp³-hybridized carbons (Fsp3) is 0.500. The quantitative estimate of drug-likeness (QED) is 0.504. The Balaban J connectivity index is 2.29. The van der Waals surface area contributed by atoms with E-state index in [2.05, 4.69) is 6.58 Å². The Labute approximate surface area is 89.4 Å². The molecular formula is C12H15NO2. The Morgan fingerprint density at radius 2 is 2.27 bits per heavy atom. The molecule has 0 aromatic carbocycles. The lowest BCUT2D eigenvalue weighted by Crippen LogP contribution is -2.31. The second-order valence-corrected chi connectivity index (χ2v) is 4.23. The molecule has 0 aromatic rings. The van der Waals surface area contributed by atoms with Crippen molar-refractivity contribution in [1.82, 2.24) is 4.90 Å². The standard InChI is InChI=1S/C12H15NO2/c1-3-7-13-11(14)9-6-4-5-8(2)10(9)12(13)15/h3-5,8-10H,1,6-7H2,2H3. The molecule has 3 heteroatoms. The average molecular weight is 205 g/mol. The first kappa shape index (κ1) is 10.1. The van der Waals surface area contributed by atoms with Gasteiger partial charge in [-0.15, -0.1) is 6.58 Å². The maximum Gasteiger partial charge on any atom is 0.233 e. The number of likely N-dealkylation sites (tertiary alicyclic amines) is 1. The van der Waals surface area contributed by atoms with Gasteiger partial charge in [0.15, 0.2) is 0 Å². The molecule has 15 heavy (non-hydrogen) atoms. The SMILES string of the molecule is C=CCN1C(=O)C2CC=CC(C)C2C1=O. The highest BCUT2D eigenvalue weighted by Gasteiger charge is 2.49. The number of carbonyl (C=O) groups is 2. The van der Waals surface area contributed by atoms with Crippen molar-refractivity contribution in [3.8, 4) is 0 Å². The minimum atomic E-state index is -0.137. The Bertz CT molecular complexity index is 346. The zero-order valence-electron chi connectivity index (χ0n) is 8.85. The van der Waals surface area contributed by atoms with Gasteiger partial charge in [-0.25, -0.2) is 0 Å². The van der Waals surface area contributed by atoms with Crippen LogP contribution in [0.2, 0.25) is 0 Å². The van der Waals surface area contributed by atoms with Crippen LogP contribution in [0.4, 0.5) is 0 Å². The van der Waals surface area contributed by atoms with Crippen molar-refractivity contribution in [3.63, 3.8) is 0 Å². The summed E-state index contributed by atoms with van der Waals surface area (Å²) >= 11 is 0. The molecule has 80 valence electrons. The third kappa shape index (κ3) is 1.42. The van der Waals surface area contributed by atoms with Crippen molar-refractivity contribution in [2.24, 2.45) is 17.8 Å². The molecule has 0 radical (unpaired) electrons. The van der Waals surface area contributed by atoms with Gasteiger partial charge in [0.25, 0.3) is 0 Å². The smallest absolute Gasteiger partial charge is 0.233 e. The largest absolute Gasteiger partial charge is 0.278 e. The van der Waals surface area contributed by atoms with Crippen molar-refractivity contribution in [1.29, 1.82) is 0 Å². The summed E-state index contributed by atoms with van der Waals surface area (Å²) in [5, 5.41) is 0. The highest BCUT2D eigenvalue weighted by atomic mass is 16.2. The van der Waals surface area contributed by atoms with Crippen LogP contribution >= 0.6 is 0 Å². The van der Waals surface area contributed by atoms with Crippen LogP contribution in [-0.4, -0.2) is 23.3 Å². The molecule has 0 saturated carbocycles. The van der Waals surface area contributed by atoms with Crippen molar-refractivity contribution in [2.45, 2.75) is 13.3 Å². The van der Waals surface area contributed by atoms with Gasteiger partial charge in [0.2, 0.25) is 11.8 Å². The summed E-state index contributed by atoms with van der Waals surface area (Å²) in [6.45, 7) is 5.91. The summed E-state index contributed by atoms with van der Waals surface area (Å²) in [5.74, 6) is -0.141. The van der Waals surface area contributed by atoms with Gasteiger partial charge < -0.3 is 0 Å². The number of hydrogen-bond acceptors (Lipinski definition) is 2. The molecule has 0 aromatic heterocycles. The van der Waals surface area contributed by atoms with E-state index in [0.29, 0.717) is 13.0 Å². The predicted molar refractivity (Wildman–Crippen MR) is 56.8 cm³/mol. The van der Waals surface area contributed by atoms with Crippen LogP contribution in [0.3, 0.4) is 0 Å². The number of rotatable bonds is 2. The Morgan fingerprint density at radius 3 is 2.87 bits per heavy atom. The molecule has 3 atom stereocenters. The van der Waals surface area contributed by atoms with Crippen LogP contribution in [0.5, 0.6) is 0 Å². The summed E-state index contributed by atoms with van der Waals surface area (Å²) in [4.78, 5) is 25.2. The number of allylic oxidation sites excluding steroid dienone is 2. The van der Waals surface area contributed by atoms with E-state index in [4.69, 9.17) is 0 Å². The molecule has 3 nitrogen and oxygen atoms in total. The molecule has 1 aliphatic heterocycles. The van der Waals surface area contributed by atoms with Crippen molar-refractivity contribution < 1.29 is 9.59 Å². The summed E-state index contributed by atoms with van der Waals surface area (Å²) in [5.41, 5.74) is 0. The first-order valence-corrected chi connectivity index (χ1v) is 5.29. The number of amides is 2. The van der Waals surface area contributed by atoms with Gasteiger partial charge in [-0.2, -0.15) is 0 Å². The van der Waals surface area contributed by atoms with E-state index < -0.39 is 0 Å². The third-order valence-electron chi connectivity index (χ3n) is 3.28. The fourth-order valence-corrected chi connectivity index (χ4v) is 2.52. The van der Waals surface area contributed by atoms with Crippen LogP contribution in [0.15, 0.2) is 24.8 Å². The van der Waals surface area contributed by atoms with Gasteiger partial charge in [-0.1, -0.05) is 25.2 Å². The van der Waals surface area contributed by atoms with E-state index in [1.165, 1.54) is 4.90 Å². The van der Waals surface area contributed by atoms with Crippen LogP contribution in [0, 0.1) is 17.8 Å². The van der Waals surface area contributed by atoms with E-state index in [9.17, 15) is 9.59 Å². The van der Waals surface area contributed by atoms with Crippen LogP contribution < -0.4 is 0 Å². The third-order valence-corrected chi connectivity index (χ3v) is 3.28. The molecular weight excluding hydrogens is 190 g/mol. The lowest BCUT2D eigenvalue weighted by Gasteiger charge is -2.22. The maximum absolute atomic E-state index is 12.0. The van der Waals surface area contributed by atoms with Gasteiger partial charge in [0, 0.05) is 6.54 Å². The van der Waals surface area contributed by atoms with E-state index in [0.717, 1.165) is 0 Å². The lowest BCUT2D eigenvalue weighted by molar-refractivity contribution is -0.139. The summed E-state index contributed by atoms with van der Waals surface area (Å²) in [6, 6.07) is 0. The Morgan fingerprint density at radius 1 is 1.53 bits per heavy atom. The molecule has 1 saturated heterocycles. The second-order valence-electron chi connectivity index (χ2n) is 4.23. The second kappa shape index (κ2) is 3.65. The summed E-state index contributed by atoms with van der Waals surface area (Å²) < 4.78 is 0. The Hall–Kier alpha value is -1.38. The first-order valence-electron chi connectivity index (χ1n) is 5.29. The molecule has 2 amide bonds.